The Bertz CT molecular complexity index is 560. The Labute approximate surface area is 135 Å². The summed E-state index contributed by atoms with van der Waals surface area (Å²) in [7, 11) is 1.55. The highest BCUT2D eigenvalue weighted by atomic mass is 16.5. The summed E-state index contributed by atoms with van der Waals surface area (Å²) < 4.78 is 10.6. The number of hydrogen-bond donors (Lipinski definition) is 2. The number of benzene rings is 1. The number of amides is 1. The number of methoxy groups -OCH3 is 1. The van der Waals surface area contributed by atoms with Crippen LogP contribution in [0.2, 0.25) is 0 Å². The van der Waals surface area contributed by atoms with E-state index in [0.29, 0.717) is 25.2 Å². The third kappa shape index (κ3) is 4.69. The number of para-hydroxylation sites is 1. The highest BCUT2D eigenvalue weighted by Crippen LogP contribution is 2.33. The number of carbonyl (C=O) groups excluding carboxylic acids is 1. The molecule has 126 valence electrons. The number of nitrogens with one attached hydrogen (secondary N) is 1. The molecule has 0 aromatic heterocycles. The molecule has 1 amide bonds. The lowest BCUT2D eigenvalue weighted by Crippen LogP contribution is -2.35. The number of carboxylic acids is 1. The maximum absolute atomic E-state index is 12.0. The topological polar surface area (TPSA) is 84.9 Å². The second-order valence-electron chi connectivity index (χ2n) is 5.63. The van der Waals surface area contributed by atoms with Crippen LogP contribution >= 0.6 is 0 Å². The Morgan fingerprint density at radius 1 is 1.39 bits per heavy atom. The van der Waals surface area contributed by atoms with Crippen LogP contribution in [0.5, 0.6) is 5.75 Å². The van der Waals surface area contributed by atoms with Crippen molar-refractivity contribution in [3.05, 3.63) is 29.8 Å². The number of aliphatic carboxylic acids is 1. The van der Waals surface area contributed by atoms with Gasteiger partial charge >= 0.3 is 5.97 Å². The van der Waals surface area contributed by atoms with Gasteiger partial charge in [-0.3, -0.25) is 9.59 Å². The zero-order valence-corrected chi connectivity index (χ0v) is 13.5. The van der Waals surface area contributed by atoms with Gasteiger partial charge in [0.05, 0.1) is 25.0 Å². The maximum atomic E-state index is 12.0. The fourth-order valence-electron chi connectivity index (χ4n) is 2.58. The number of carbonyl (C=O) groups is 2. The Morgan fingerprint density at radius 2 is 2.13 bits per heavy atom. The molecule has 0 radical (unpaired) electrons. The van der Waals surface area contributed by atoms with Crippen molar-refractivity contribution in [3.63, 3.8) is 0 Å². The summed E-state index contributed by atoms with van der Waals surface area (Å²) in [5.74, 6) is -1.25. The zero-order valence-electron chi connectivity index (χ0n) is 13.5. The smallest absolute Gasteiger partial charge is 0.308 e. The summed E-state index contributed by atoms with van der Waals surface area (Å²) in [5.41, 5.74) is 0.815. The molecule has 1 aromatic carbocycles. The van der Waals surface area contributed by atoms with Gasteiger partial charge < -0.3 is 19.9 Å². The summed E-state index contributed by atoms with van der Waals surface area (Å²) in [6.07, 6.45) is 1.00. The second-order valence-corrected chi connectivity index (χ2v) is 5.63. The van der Waals surface area contributed by atoms with Crippen LogP contribution in [-0.2, 0) is 20.7 Å². The third-order valence-corrected chi connectivity index (χ3v) is 3.98. The molecule has 0 bridgehead atoms. The van der Waals surface area contributed by atoms with Crippen LogP contribution in [0, 0.1) is 11.8 Å². The molecule has 2 rings (SSSR count). The number of rotatable bonds is 9. The van der Waals surface area contributed by atoms with Crippen molar-refractivity contribution in [1.29, 1.82) is 0 Å². The summed E-state index contributed by atoms with van der Waals surface area (Å²) in [5, 5.41) is 12.1. The summed E-state index contributed by atoms with van der Waals surface area (Å²) >= 11 is 0. The first-order valence-electron chi connectivity index (χ1n) is 7.80. The van der Waals surface area contributed by atoms with Crippen molar-refractivity contribution in [2.75, 3.05) is 20.3 Å². The third-order valence-electron chi connectivity index (χ3n) is 3.98. The van der Waals surface area contributed by atoms with Crippen LogP contribution < -0.4 is 10.1 Å². The van der Waals surface area contributed by atoms with E-state index in [1.165, 1.54) is 0 Å². The van der Waals surface area contributed by atoms with Gasteiger partial charge in [0.25, 0.3) is 0 Å². The van der Waals surface area contributed by atoms with Crippen molar-refractivity contribution in [2.45, 2.75) is 25.9 Å². The number of ether oxygens (including phenoxy) is 2. The first-order valence-corrected chi connectivity index (χ1v) is 7.80. The van der Waals surface area contributed by atoms with Crippen molar-refractivity contribution < 1.29 is 24.2 Å². The molecule has 3 atom stereocenters. The fourth-order valence-corrected chi connectivity index (χ4v) is 2.58. The van der Waals surface area contributed by atoms with Crippen molar-refractivity contribution in [2.24, 2.45) is 11.8 Å². The highest BCUT2D eigenvalue weighted by Gasteiger charge is 2.44. The van der Waals surface area contributed by atoms with E-state index in [1.807, 2.05) is 25.1 Å². The van der Waals surface area contributed by atoms with E-state index in [2.05, 4.69) is 5.32 Å². The predicted octanol–water partition coefficient (Wildman–Crippen LogP) is 1.48. The molecule has 1 fully saturated rings. The van der Waals surface area contributed by atoms with Gasteiger partial charge in [-0.25, -0.2) is 0 Å². The molecule has 0 saturated heterocycles. The molecule has 6 nitrogen and oxygen atoms in total. The van der Waals surface area contributed by atoms with E-state index in [-0.39, 0.29) is 24.5 Å². The highest BCUT2D eigenvalue weighted by molar-refractivity contribution is 5.82. The van der Waals surface area contributed by atoms with Crippen LogP contribution in [0.1, 0.15) is 18.9 Å². The van der Waals surface area contributed by atoms with Crippen molar-refractivity contribution >= 4 is 11.9 Å². The SMILES string of the molecule is CCOC1CC1C(=O)NCC(Cc1ccccc1OC)C(=O)O. The summed E-state index contributed by atoms with van der Waals surface area (Å²) in [6.45, 7) is 2.57. The Morgan fingerprint density at radius 3 is 2.78 bits per heavy atom. The second kappa shape index (κ2) is 7.97. The summed E-state index contributed by atoms with van der Waals surface area (Å²) in [4.78, 5) is 23.4. The van der Waals surface area contributed by atoms with E-state index >= 15 is 0 Å². The van der Waals surface area contributed by atoms with E-state index in [1.54, 1.807) is 13.2 Å². The molecule has 2 N–H and O–H groups in total. The minimum Gasteiger partial charge on any atom is -0.496 e. The first kappa shape index (κ1) is 17.3. The van der Waals surface area contributed by atoms with E-state index < -0.39 is 11.9 Å². The molecule has 3 unspecified atom stereocenters. The van der Waals surface area contributed by atoms with Gasteiger partial charge in [0.1, 0.15) is 5.75 Å². The minimum atomic E-state index is -0.937. The van der Waals surface area contributed by atoms with Crippen LogP contribution in [0.3, 0.4) is 0 Å². The van der Waals surface area contributed by atoms with Crippen LogP contribution in [0.15, 0.2) is 24.3 Å². The normalized spacial score (nSPS) is 20.6. The Kier molecular flexibility index (Phi) is 5.98. The molecule has 1 aliphatic carbocycles. The van der Waals surface area contributed by atoms with Crippen molar-refractivity contribution in [1.82, 2.24) is 5.32 Å². The van der Waals surface area contributed by atoms with E-state index in [4.69, 9.17) is 9.47 Å². The zero-order chi connectivity index (χ0) is 16.8. The molecule has 0 aliphatic heterocycles. The van der Waals surface area contributed by atoms with Gasteiger partial charge in [-0.05, 0) is 31.4 Å². The Hall–Kier alpha value is -2.08. The van der Waals surface area contributed by atoms with Gasteiger partial charge in [0, 0.05) is 13.2 Å². The molecule has 0 spiro atoms. The maximum Gasteiger partial charge on any atom is 0.308 e. The molecule has 0 heterocycles. The van der Waals surface area contributed by atoms with Gasteiger partial charge in [-0.15, -0.1) is 0 Å². The number of carboxylic acid groups (broad SMARTS) is 1. The lowest BCUT2D eigenvalue weighted by Gasteiger charge is -2.15. The van der Waals surface area contributed by atoms with Crippen molar-refractivity contribution in [3.8, 4) is 5.75 Å². The molecule has 1 aromatic rings. The predicted molar refractivity (Wildman–Crippen MR) is 84.4 cm³/mol. The quantitative estimate of drug-likeness (QED) is 0.719. The van der Waals surface area contributed by atoms with Gasteiger partial charge in [0.2, 0.25) is 5.91 Å². The lowest BCUT2D eigenvalue weighted by molar-refractivity contribution is -0.141. The monoisotopic (exact) mass is 321 g/mol. The largest absolute Gasteiger partial charge is 0.496 e. The molecular formula is C17H23NO5. The number of hydrogen-bond acceptors (Lipinski definition) is 4. The molecule has 1 aliphatic rings. The summed E-state index contributed by atoms with van der Waals surface area (Å²) in [6, 6.07) is 7.30. The minimum absolute atomic E-state index is 0.0162. The molecule has 6 heteroatoms. The van der Waals surface area contributed by atoms with E-state index in [0.717, 1.165) is 5.56 Å². The average molecular weight is 321 g/mol. The standard InChI is InChI=1S/C17H23NO5/c1-3-23-15-9-13(15)16(19)18-10-12(17(20)21)8-11-6-4-5-7-14(11)22-2/h4-7,12-13,15H,3,8-10H2,1-2H3,(H,18,19)(H,20,21). The molecule has 1 saturated carbocycles. The molecule has 23 heavy (non-hydrogen) atoms. The van der Waals surface area contributed by atoms with Crippen LogP contribution in [0.4, 0.5) is 0 Å². The first-order chi connectivity index (χ1) is 11.1. The van der Waals surface area contributed by atoms with Gasteiger partial charge in [-0.2, -0.15) is 0 Å². The fraction of sp³-hybridized carbons (Fsp3) is 0.529. The molecular weight excluding hydrogens is 298 g/mol. The van der Waals surface area contributed by atoms with E-state index in [9.17, 15) is 14.7 Å². The van der Waals surface area contributed by atoms with Crippen LogP contribution in [0.25, 0.3) is 0 Å². The van der Waals surface area contributed by atoms with Crippen LogP contribution in [-0.4, -0.2) is 43.3 Å². The Balaban J connectivity index is 1.89. The average Bonchev–Trinajstić information content (AvgIpc) is 3.31. The van der Waals surface area contributed by atoms with Gasteiger partial charge in [-0.1, -0.05) is 18.2 Å². The lowest BCUT2D eigenvalue weighted by atomic mass is 9.98. The van der Waals surface area contributed by atoms with Gasteiger partial charge in [0.15, 0.2) is 0 Å².